The molecule has 1 amide bonds. The summed E-state index contributed by atoms with van der Waals surface area (Å²) in [5, 5.41) is 17.2. The van der Waals surface area contributed by atoms with Gasteiger partial charge in [-0.2, -0.15) is 10.4 Å². The van der Waals surface area contributed by atoms with Gasteiger partial charge in [0, 0.05) is 43.2 Å². The van der Waals surface area contributed by atoms with Gasteiger partial charge in [-0.15, -0.1) is 0 Å². The number of hydrogen-bond acceptors (Lipinski definition) is 7. The van der Waals surface area contributed by atoms with Gasteiger partial charge in [-0.1, -0.05) is 11.6 Å². The third-order valence-corrected chi connectivity index (χ3v) is 7.55. The number of fused-ring (bicyclic) bond motifs is 2. The van der Waals surface area contributed by atoms with Gasteiger partial charge in [0.2, 0.25) is 0 Å². The SMILES string of the molecule is CCOc1cc(-c2ccc(N3C[C@@H]4C(CNC(=O)c5ncccc5Cl)[C@@H]4C3)nc2)c2c(C#N)cnn2c1. The maximum Gasteiger partial charge on any atom is 0.271 e. The molecule has 37 heavy (non-hydrogen) atoms. The van der Waals surface area contributed by atoms with Gasteiger partial charge < -0.3 is 15.0 Å². The van der Waals surface area contributed by atoms with Gasteiger partial charge in [0.25, 0.3) is 5.91 Å². The molecule has 2 fully saturated rings. The molecule has 9 nitrogen and oxygen atoms in total. The monoisotopic (exact) mass is 513 g/mol. The first kappa shape index (κ1) is 23.3. The van der Waals surface area contributed by atoms with Crippen molar-refractivity contribution in [2.75, 3.05) is 31.1 Å². The number of nitriles is 1. The topological polar surface area (TPSA) is 108 Å². The third-order valence-electron chi connectivity index (χ3n) is 7.24. The molecule has 6 rings (SSSR count). The molecule has 3 atom stereocenters. The Morgan fingerprint density at radius 2 is 2.08 bits per heavy atom. The third kappa shape index (κ3) is 4.23. The maximum absolute atomic E-state index is 12.4. The normalized spacial score (nSPS) is 19.9. The number of piperidine rings is 1. The molecule has 5 heterocycles. The fraction of sp³-hybridized carbons (Fsp3) is 0.296. The van der Waals surface area contributed by atoms with E-state index in [4.69, 9.17) is 21.3 Å². The van der Waals surface area contributed by atoms with E-state index in [-0.39, 0.29) is 11.6 Å². The molecular weight excluding hydrogens is 490 g/mol. The van der Waals surface area contributed by atoms with Crippen molar-refractivity contribution in [2.45, 2.75) is 6.92 Å². The summed E-state index contributed by atoms with van der Waals surface area (Å²) in [6, 6.07) is 11.6. The predicted octanol–water partition coefficient (Wildman–Crippen LogP) is 3.83. The van der Waals surface area contributed by atoms with Crippen molar-refractivity contribution in [2.24, 2.45) is 17.8 Å². The number of carbonyl (C=O) groups excluding carboxylic acids is 1. The lowest BCUT2D eigenvalue weighted by atomic mass is 10.1. The van der Waals surface area contributed by atoms with Crippen molar-refractivity contribution >= 4 is 28.8 Å². The molecule has 0 radical (unpaired) electrons. The zero-order valence-corrected chi connectivity index (χ0v) is 20.9. The molecule has 186 valence electrons. The van der Waals surface area contributed by atoms with E-state index >= 15 is 0 Å². The number of carbonyl (C=O) groups is 1. The first-order valence-electron chi connectivity index (χ1n) is 12.2. The summed E-state index contributed by atoms with van der Waals surface area (Å²) >= 11 is 6.08. The second kappa shape index (κ2) is 9.37. The summed E-state index contributed by atoms with van der Waals surface area (Å²) in [6.45, 7) is 4.91. The summed E-state index contributed by atoms with van der Waals surface area (Å²) in [5.74, 6) is 2.91. The van der Waals surface area contributed by atoms with Gasteiger partial charge in [0.15, 0.2) is 0 Å². The van der Waals surface area contributed by atoms with Gasteiger partial charge in [-0.25, -0.2) is 14.5 Å². The van der Waals surface area contributed by atoms with Crippen LogP contribution in [0.5, 0.6) is 5.75 Å². The molecule has 1 saturated heterocycles. The van der Waals surface area contributed by atoms with Crippen LogP contribution in [0.25, 0.3) is 16.6 Å². The molecule has 0 bridgehead atoms. The number of pyridine rings is 3. The number of aromatic nitrogens is 4. The highest BCUT2D eigenvalue weighted by Crippen LogP contribution is 2.52. The summed E-state index contributed by atoms with van der Waals surface area (Å²) in [7, 11) is 0. The zero-order valence-electron chi connectivity index (χ0n) is 20.1. The van der Waals surface area contributed by atoms with E-state index in [9.17, 15) is 10.1 Å². The van der Waals surface area contributed by atoms with Crippen molar-refractivity contribution in [3.63, 3.8) is 0 Å². The molecule has 4 aromatic rings. The van der Waals surface area contributed by atoms with Gasteiger partial charge in [0.1, 0.15) is 23.3 Å². The standard InChI is InChI=1S/C27H24ClN7O2/c1-2-37-18-8-19(26-17(9-29)11-33-35(26)13-18)16-5-6-24(31-10-16)34-14-21-20(22(21)15-34)12-32-27(36)25-23(28)4-3-7-30-25/h3-8,10-11,13,20-22H,2,12,14-15H2,1H3,(H,32,36)/t20?,21-,22+. The van der Waals surface area contributed by atoms with E-state index < -0.39 is 0 Å². The lowest BCUT2D eigenvalue weighted by Gasteiger charge is -2.21. The Balaban J connectivity index is 1.12. The van der Waals surface area contributed by atoms with Crippen LogP contribution in [0.15, 0.2) is 55.1 Å². The van der Waals surface area contributed by atoms with Gasteiger partial charge in [-0.05, 0) is 55.0 Å². The van der Waals surface area contributed by atoms with E-state index in [2.05, 4.69) is 26.4 Å². The zero-order chi connectivity index (χ0) is 25.5. The summed E-state index contributed by atoms with van der Waals surface area (Å²) in [6.07, 6.45) is 6.76. The van der Waals surface area contributed by atoms with Crippen LogP contribution in [0.4, 0.5) is 5.82 Å². The lowest BCUT2D eigenvalue weighted by Crippen LogP contribution is -2.31. The largest absolute Gasteiger partial charge is 0.492 e. The number of halogens is 1. The fourth-order valence-electron chi connectivity index (χ4n) is 5.36. The summed E-state index contributed by atoms with van der Waals surface area (Å²) in [4.78, 5) is 23.5. The number of nitrogens with zero attached hydrogens (tertiary/aromatic N) is 6. The van der Waals surface area contributed by atoms with Gasteiger partial charge in [-0.3, -0.25) is 4.79 Å². The Kier molecular flexibility index (Phi) is 5.89. The van der Waals surface area contributed by atoms with Crippen molar-refractivity contribution < 1.29 is 9.53 Å². The highest BCUT2D eigenvalue weighted by Gasteiger charge is 2.55. The van der Waals surface area contributed by atoms with Crippen LogP contribution < -0.4 is 15.0 Å². The lowest BCUT2D eigenvalue weighted by molar-refractivity contribution is 0.0946. The minimum Gasteiger partial charge on any atom is -0.492 e. The van der Waals surface area contributed by atoms with E-state index in [1.807, 2.05) is 31.3 Å². The molecule has 0 aromatic carbocycles. The fourth-order valence-corrected chi connectivity index (χ4v) is 5.57. The quantitative estimate of drug-likeness (QED) is 0.400. The Morgan fingerprint density at radius 1 is 1.24 bits per heavy atom. The minimum atomic E-state index is -0.232. The Hall–Kier alpha value is -4.16. The Bertz CT molecular complexity index is 1520. The molecule has 2 aliphatic rings. The highest BCUT2D eigenvalue weighted by molar-refractivity contribution is 6.33. The van der Waals surface area contributed by atoms with Crippen LogP contribution in [0.2, 0.25) is 5.02 Å². The van der Waals surface area contributed by atoms with E-state index in [0.717, 1.165) is 35.6 Å². The first-order chi connectivity index (χ1) is 18.1. The second-order valence-corrected chi connectivity index (χ2v) is 9.74. The minimum absolute atomic E-state index is 0.232. The van der Waals surface area contributed by atoms with Crippen LogP contribution in [0, 0.1) is 29.1 Å². The van der Waals surface area contributed by atoms with Crippen LogP contribution >= 0.6 is 11.6 Å². The summed E-state index contributed by atoms with van der Waals surface area (Å²) < 4.78 is 7.39. The average molecular weight is 514 g/mol. The number of anilines is 1. The van der Waals surface area contributed by atoms with Gasteiger partial charge >= 0.3 is 0 Å². The molecule has 1 unspecified atom stereocenters. The smallest absolute Gasteiger partial charge is 0.271 e. The number of rotatable bonds is 7. The molecule has 1 N–H and O–H groups in total. The second-order valence-electron chi connectivity index (χ2n) is 9.33. The van der Waals surface area contributed by atoms with Crippen LogP contribution in [-0.4, -0.2) is 51.7 Å². The van der Waals surface area contributed by atoms with Crippen LogP contribution in [0.3, 0.4) is 0 Å². The van der Waals surface area contributed by atoms with E-state index in [1.165, 1.54) is 0 Å². The molecule has 0 spiro atoms. The Morgan fingerprint density at radius 3 is 2.78 bits per heavy atom. The number of hydrogen-bond donors (Lipinski definition) is 1. The Labute approximate surface area is 218 Å². The average Bonchev–Trinajstić information content (AvgIpc) is 3.22. The molecule has 4 aromatic heterocycles. The highest BCUT2D eigenvalue weighted by atomic mass is 35.5. The van der Waals surface area contributed by atoms with Crippen LogP contribution in [0.1, 0.15) is 23.0 Å². The number of ether oxygens (including phenoxy) is 1. The molecular formula is C27H24ClN7O2. The van der Waals surface area contributed by atoms with Crippen LogP contribution in [-0.2, 0) is 0 Å². The molecule has 10 heteroatoms. The van der Waals surface area contributed by atoms with Gasteiger partial charge in [0.05, 0.1) is 35.1 Å². The van der Waals surface area contributed by atoms with Crippen molar-refractivity contribution in [3.05, 3.63) is 71.4 Å². The molecule has 1 saturated carbocycles. The maximum atomic E-state index is 12.4. The number of nitrogens with one attached hydrogen (secondary N) is 1. The van der Waals surface area contributed by atoms with Crippen molar-refractivity contribution in [1.29, 1.82) is 5.26 Å². The predicted molar refractivity (Wildman–Crippen MR) is 139 cm³/mol. The van der Waals surface area contributed by atoms with E-state index in [0.29, 0.717) is 47.2 Å². The molecule has 1 aliphatic carbocycles. The summed E-state index contributed by atoms with van der Waals surface area (Å²) in [5.41, 5.74) is 3.25. The van der Waals surface area contributed by atoms with E-state index in [1.54, 1.807) is 35.2 Å². The first-order valence-corrected chi connectivity index (χ1v) is 12.6. The van der Waals surface area contributed by atoms with Crippen molar-refractivity contribution in [3.8, 4) is 22.9 Å². The number of amides is 1. The molecule has 1 aliphatic heterocycles. The van der Waals surface area contributed by atoms with Crippen molar-refractivity contribution in [1.82, 2.24) is 24.9 Å².